The van der Waals surface area contributed by atoms with Crippen LogP contribution in [0.15, 0.2) is 46.9 Å². The molecule has 0 atom stereocenters. The van der Waals surface area contributed by atoms with E-state index in [4.69, 9.17) is 4.74 Å². The van der Waals surface area contributed by atoms with Gasteiger partial charge in [0.1, 0.15) is 5.75 Å². The average molecular weight is 365 g/mol. The number of nitrogens with one attached hydrogen (secondary N) is 1. The zero-order valence-electron chi connectivity index (χ0n) is 11.7. The van der Waals surface area contributed by atoms with Crippen LogP contribution in [0.4, 0.5) is 5.69 Å². The molecule has 0 saturated carbocycles. The van der Waals surface area contributed by atoms with Crippen molar-refractivity contribution in [3.63, 3.8) is 0 Å². The molecule has 1 N–H and O–H groups in total. The summed E-state index contributed by atoms with van der Waals surface area (Å²) in [5, 5.41) is 13.6. The highest BCUT2D eigenvalue weighted by molar-refractivity contribution is 9.10. The van der Waals surface area contributed by atoms with Crippen molar-refractivity contribution in [2.45, 2.75) is 6.54 Å². The van der Waals surface area contributed by atoms with Gasteiger partial charge in [-0.1, -0.05) is 18.2 Å². The summed E-state index contributed by atoms with van der Waals surface area (Å²) in [7, 11) is 1.55. The smallest absolute Gasteiger partial charge is 0.284 e. The van der Waals surface area contributed by atoms with E-state index in [-0.39, 0.29) is 23.7 Å². The van der Waals surface area contributed by atoms with Crippen LogP contribution in [0.2, 0.25) is 0 Å². The molecule has 1 amide bonds. The molecular formula is C15H13BrN2O4. The van der Waals surface area contributed by atoms with Crippen LogP contribution in [-0.2, 0) is 6.54 Å². The molecule has 0 aliphatic carbocycles. The van der Waals surface area contributed by atoms with Crippen LogP contribution in [-0.4, -0.2) is 17.9 Å². The topological polar surface area (TPSA) is 81.5 Å². The molecule has 0 unspecified atom stereocenters. The maximum absolute atomic E-state index is 12.1. The molecule has 0 aliphatic rings. The van der Waals surface area contributed by atoms with Crippen molar-refractivity contribution in [2.24, 2.45) is 0 Å². The minimum atomic E-state index is -0.541. The molecule has 7 heteroatoms. The number of carbonyl (C=O) groups is 1. The summed E-state index contributed by atoms with van der Waals surface area (Å²) in [6.45, 7) is 0.271. The first-order valence-electron chi connectivity index (χ1n) is 6.37. The van der Waals surface area contributed by atoms with Gasteiger partial charge < -0.3 is 10.1 Å². The number of amides is 1. The van der Waals surface area contributed by atoms with Crippen LogP contribution in [0.25, 0.3) is 0 Å². The van der Waals surface area contributed by atoms with Crippen LogP contribution >= 0.6 is 15.9 Å². The Labute approximate surface area is 135 Å². The molecule has 2 aromatic rings. The minimum absolute atomic E-state index is 0.148. The molecule has 0 heterocycles. The quantitative estimate of drug-likeness (QED) is 0.651. The van der Waals surface area contributed by atoms with E-state index in [2.05, 4.69) is 21.2 Å². The molecular weight excluding hydrogens is 352 g/mol. The molecule has 6 nitrogen and oxygen atoms in total. The zero-order valence-corrected chi connectivity index (χ0v) is 13.3. The average Bonchev–Trinajstić information content (AvgIpc) is 2.53. The molecule has 2 aromatic carbocycles. The highest BCUT2D eigenvalue weighted by Crippen LogP contribution is 2.25. The number of hydrogen-bond acceptors (Lipinski definition) is 4. The van der Waals surface area contributed by atoms with Crippen molar-refractivity contribution < 1.29 is 14.5 Å². The Morgan fingerprint density at radius 1 is 1.32 bits per heavy atom. The second kappa shape index (κ2) is 7.04. The minimum Gasteiger partial charge on any atom is -0.496 e. The van der Waals surface area contributed by atoms with Crippen molar-refractivity contribution in [1.82, 2.24) is 5.32 Å². The van der Waals surface area contributed by atoms with Gasteiger partial charge >= 0.3 is 0 Å². The summed E-state index contributed by atoms with van der Waals surface area (Å²) in [6.07, 6.45) is 0. The van der Waals surface area contributed by atoms with Crippen LogP contribution in [0, 0.1) is 10.1 Å². The Morgan fingerprint density at radius 3 is 2.73 bits per heavy atom. The molecule has 0 aromatic heterocycles. The second-order valence-electron chi connectivity index (χ2n) is 4.42. The summed E-state index contributed by atoms with van der Waals surface area (Å²) in [5.74, 6) is 0.283. The summed E-state index contributed by atoms with van der Waals surface area (Å²) < 4.78 is 5.54. The summed E-state index contributed by atoms with van der Waals surface area (Å²) in [4.78, 5) is 22.5. The van der Waals surface area contributed by atoms with E-state index < -0.39 is 4.92 Å². The Kier molecular flexibility index (Phi) is 5.11. The fourth-order valence-corrected chi connectivity index (χ4v) is 2.31. The van der Waals surface area contributed by atoms with Crippen molar-refractivity contribution in [1.29, 1.82) is 0 Å². The van der Waals surface area contributed by atoms with Gasteiger partial charge in [0.05, 0.1) is 16.5 Å². The number of para-hydroxylation sites is 1. The number of halogens is 1. The van der Waals surface area contributed by atoms with E-state index in [0.29, 0.717) is 10.2 Å². The maximum atomic E-state index is 12.1. The van der Waals surface area contributed by atoms with Gasteiger partial charge in [-0.25, -0.2) is 0 Å². The molecule has 2 rings (SSSR count). The molecule has 0 fully saturated rings. The van der Waals surface area contributed by atoms with E-state index in [1.165, 1.54) is 18.2 Å². The van der Waals surface area contributed by atoms with Gasteiger partial charge in [0, 0.05) is 23.7 Å². The predicted molar refractivity (Wildman–Crippen MR) is 85.0 cm³/mol. The van der Waals surface area contributed by atoms with Gasteiger partial charge in [-0.05, 0) is 34.1 Å². The first kappa shape index (κ1) is 16.0. The van der Waals surface area contributed by atoms with Gasteiger partial charge in [0.2, 0.25) is 0 Å². The molecule has 0 saturated heterocycles. The van der Waals surface area contributed by atoms with E-state index >= 15 is 0 Å². The number of carbonyl (C=O) groups excluding carboxylic acids is 1. The molecule has 22 heavy (non-hydrogen) atoms. The third-order valence-electron chi connectivity index (χ3n) is 3.04. The lowest BCUT2D eigenvalue weighted by molar-refractivity contribution is -0.385. The van der Waals surface area contributed by atoms with Gasteiger partial charge in [-0.15, -0.1) is 0 Å². The third-order valence-corrected chi connectivity index (χ3v) is 3.71. The molecule has 0 radical (unpaired) electrons. The lowest BCUT2D eigenvalue weighted by Crippen LogP contribution is -2.23. The Morgan fingerprint density at radius 2 is 2.05 bits per heavy atom. The monoisotopic (exact) mass is 364 g/mol. The first-order chi connectivity index (χ1) is 10.5. The van der Waals surface area contributed by atoms with E-state index in [1.807, 2.05) is 18.2 Å². The van der Waals surface area contributed by atoms with Crippen molar-refractivity contribution >= 4 is 27.5 Å². The Balaban J connectivity index is 2.13. The van der Waals surface area contributed by atoms with E-state index in [9.17, 15) is 14.9 Å². The van der Waals surface area contributed by atoms with Gasteiger partial charge in [-0.3, -0.25) is 14.9 Å². The molecule has 114 valence electrons. The highest BCUT2D eigenvalue weighted by Gasteiger charge is 2.16. The van der Waals surface area contributed by atoms with Crippen LogP contribution in [0.5, 0.6) is 5.75 Å². The largest absolute Gasteiger partial charge is 0.496 e. The van der Waals surface area contributed by atoms with Crippen molar-refractivity contribution in [2.75, 3.05) is 7.11 Å². The van der Waals surface area contributed by atoms with Crippen LogP contribution in [0.3, 0.4) is 0 Å². The number of methoxy groups -OCH3 is 1. The summed E-state index contributed by atoms with van der Waals surface area (Å²) >= 11 is 3.08. The van der Waals surface area contributed by atoms with Crippen LogP contribution < -0.4 is 10.1 Å². The number of rotatable bonds is 5. The summed E-state index contributed by atoms with van der Waals surface area (Å²) in [5.41, 5.74) is 0.903. The number of nitro groups is 1. The third kappa shape index (κ3) is 3.62. The lowest BCUT2D eigenvalue weighted by atomic mass is 10.1. The van der Waals surface area contributed by atoms with Gasteiger partial charge in [-0.2, -0.15) is 0 Å². The van der Waals surface area contributed by atoms with Gasteiger partial charge in [0.25, 0.3) is 11.6 Å². The lowest BCUT2D eigenvalue weighted by Gasteiger charge is -2.09. The maximum Gasteiger partial charge on any atom is 0.284 e. The summed E-state index contributed by atoms with van der Waals surface area (Å²) in [6, 6.07) is 11.6. The SMILES string of the molecule is COc1ccccc1CNC(=O)c1ccc(Br)c([N+](=O)[O-])c1. The van der Waals surface area contributed by atoms with E-state index in [0.717, 1.165) is 5.56 Å². The molecule has 0 aliphatic heterocycles. The predicted octanol–water partition coefficient (Wildman–Crippen LogP) is 3.30. The zero-order chi connectivity index (χ0) is 16.1. The highest BCUT2D eigenvalue weighted by atomic mass is 79.9. The van der Waals surface area contributed by atoms with Gasteiger partial charge in [0.15, 0.2) is 0 Å². The fraction of sp³-hybridized carbons (Fsp3) is 0.133. The number of hydrogen-bond donors (Lipinski definition) is 1. The molecule has 0 bridgehead atoms. The van der Waals surface area contributed by atoms with Crippen molar-refractivity contribution in [3.05, 3.63) is 68.2 Å². The Bertz CT molecular complexity index is 718. The fourth-order valence-electron chi connectivity index (χ4n) is 1.92. The number of benzene rings is 2. The van der Waals surface area contributed by atoms with Crippen molar-refractivity contribution in [3.8, 4) is 5.75 Å². The van der Waals surface area contributed by atoms with E-state index in [1.54, 1.807) is 13.2 Å². The second-order valence-corrected chi connectivity index (χ2v) is 5.27. The number of nitro benzene ring substituents is 1. The normalized spacial score (nSPS) is 10.1. The number of ether oxygens (including phenoxy) is 1. The molecule has 0 spiro atoms. The first-order valence-corrected chi connectivity index (χ1v) is 7.16. The van der Waals surface area contributed by atoms with Crippen LogP contribution in [0.1, 0.15) is 15.9 Å². The Hall–Kier alpha value is -2.41. The number of nitrogens with zero attached hydrogens (tertiary/aromatic N) is 1. The standard InChI is InChI=1S/C15H13BrN2O4/c1-22-14-5-3-2-4-11(14)9-17-15(19)10-6-7-12(16)13(8-10)18(20)21/h2-8H,9H2,1H3,(H,17,19).